The first-order valence-corrected chi connectivity index (χ1v) is 19.2. The second-order valence-corrected chi connectivity index (χ2v) is 15.7. The summed E-state index contributed by atoms with van der Waals surface area (Å²) < 4.78 is 26.6. The molecule has 3 atom stereocenters. The zero-order chi connectivity index (χ0) is 32.7. The summed E-state index contributed by atoms with van der Waals surface area (Å²) in [5.74, 6) is 0.364. The fourth-order valence-corrected chi connectivity index (χ4v) is 8.50. The number of sulfonamides is 1. The summed E-state index contributed by atoms with van der Waals surface area (Å²) >= 11 is 6.13. The van der Waals surface area contributed by atoms with Crippen LogP contribution < -0.4 is 10.6 Å². The van der Waals surface area contributed by atoms with E-state index in [2.05, 4.69) is 27.7 Å². The van der Waals surface area contributed by atoms with E-state index in [1.54, 1.807) is 16.4 Å². The monoisotopic (exact) mass is 671 g/mol. The lowest BCUT2D eigenvalue weighted by atomic mass is 9.84. The number of carbonyl (C=O) groups is 2. The van der Waals surface area contributed by atoms with E-state index in [0.717, 1.165) is 24.1 Å². The van der Waals surface area contributed by atoms with Gasteiger partial charge >= 0.3 is 0 Å². The summed E-state index contributed by atoms with van der Waals surface area (Å²) in [5.41, 5.74) is 3.26. The van der Waals surface area contributed by atoms with Crippen LogP contribution in [0.1, 0.15) is 74.6 Å². The predicted molar refractivity (Wildman–Crippen MR) is 183 cm³/mol. The van der Waals surface area contributed by atoms with E-state index in [0.29, 0.717) is 56.6 Å². The quantitative estimate of drug-likeness (QED) is 0.328. The Kier molecular flexibility index (Phi) is 12.2. The van der Waals surface area contributed by atoms with Crippen molar-refractivity contribution in [3.8, 4) is 0 Å². The molecule has 0 spiro atoms. The van der Waals surface area contributed by atoms with Gasteiger partial charge in [-0.15, -0.1) is 0 Å². The lowest BCUT2D eigenvalue weighted by Gasteiger charge is -2.42. The van der Waals surface area contributed by atoms with Crippen LogP contribution in [0.2, 0.25) is 5.02 Å². The Morgan fingerprint density at radius 1 is 1.02 bits per heavy atom. The van der Waals surface area contributed by atoms with Crippen LogP contribution in [0.25, 0.3) is 0 Å². The number of likely N-dealkylation sites (N-methyl/N-ethyl adjacent to an activating group) is 1. The highest BCUT2D eigenvalue weighted by Crippen LogP contribution is 2.30. The zero-order valence-electron chi connectivity index (χ0n) is 27.3. The number of rotatable bonds is 13. The highest BCUT2D eigenvalue weighted by Gasteiger charge is 2.34. The highest BCUT2D eigenvalue weighted by molar-refractivity contribution is 7.88. The van der Waals surface area contributed by atoms with Crippen molar-refractivity contribution in [2.75, 3.05) is 45.5 Å². The Morgan fingerprint density at radius 2 is 1.72 bits per heavy atom. The summed E-state index contributed by atoms with van der Waals surface area (Å²) in [5, 5.41) is 7.14. The van der Waals surface area contributed by atoms with Crippen molar-refractivity contribution in [2.45, 2.75) is 83.0 Å². The second kappa shape index (κ2) is 16.1. The molecule has 0 aromatic heterocycles. The van der Waals surface area contributed by atoms with Crippen molar-refractivity contribution in [2.24, 2.45) is 5.92 Å². The minimum absolute atomic E-state index is 0.0817. The summed E-state index contributed by atoms with van der Waals surface area (Å²) in [7, 11) is -3.31. The van der Waals surface area contributed by atoms with Crippen LogP contribution in [0, 0.1) is 5.92 Å². The van der Waals surface area contributed by atoms with E-state index in [1.165, 1.54) is 43.9 Å². The number of nitrogens with one attached hydrogen (secondary N) is 2. The van der Waals surface area contributed by atoms with Gasteiger partial charge in [-0.25, -0.2) is 12.7 Å². The molecule has 2 heterocycles. The summed E-state index contributed by atoms with van der Waals surface area (Å²) in [4.78, 5) is 31.7. The van der Waals surface area contributed by atoms with Crippen LogP contribution in [0.5, 0.6) is 0 Å². The number of fused-ring (bicyclic) bond motifs is 1. The Bertz CT molecular complexity index is 1420. The fourth-order valence-electron chi connectivity index (χ4n) is 7.46. The standard InChI is InChI=1S/C35H50ClN5O4S/c1-3-41(46(2,44)45)25-30(21-26-9-5-4-6-10-26)39-17-19-40(20-18-39)35(43)33(22-27-13-15-29(36)16-14-27)38-34(42)23-32-31-12-8-7-11-28(31)24-37-32/h7-8,11-16,26,30,32-33,37H,3-6,9-10,17-25H2,1-2H3,(H,38,42). The van der Waals surface area contributed by atoms with Crippen LogP contribution in [-0.4, -0.2) is 91.9 Å². The van der Waals surface area contributed by atoms with Crippen LogP contribution in [0.15, 0.2) is 48.5 Å². The number of amides is 2. The summed E-state index contributed by atoms with van der Waals surface area (Å²) in [6.07, 6.45) is 9.08. The lowest BCUT2D eigenvalue weighted by Crippen LogP contribution is -2.58. The number of piperazine rings is 1. The van der Waals surface area contributed by atoms with Gasteiger partial charge in [0.25, 0.3) is 0 Å². The number of hydrogen-bond donors (Lipinski definition) is 2. The van der Waals surface area contributed by atoms with Gasteiger partial charge in [-0.1, -0.05) is 87.0 Å². The lowest BCUT2D eigenvalue weighted by molar-refractivity contribution is -0.138. The first-order chi connectivity index (χ1) is 22.1. The topological polar surface area (TPSA) is 102 Å². The van der Waals surface area contributed by atoms with Gasteiger partial charge in [0, 0.05) is 75.8 Å². The first kappa shape index (κ1) is 34.8. The average Bonchev–Trinajstić information content (AvgIpc) is 3.45. The Labute approximate surface area is 280 Å². The molecular formula is C35H50ClN5O4S. The van der Waals surface area contributed by atoms with Crippen molar-refractivity contribution >= 4 is 33.4 Å². The highest BCUT2D eigenvalue weighted by atomic mass is 35.5. The van der Waals surface area contributed by atoms with Gasteiger partial charge in [0.05, 0.1) is 6.26 Å². The molecule has 252 valence electrons. The van der Waals surface area contributed by atoms with Crippen molar-refractivity contribution in [3.63, 3.8) is 0 Å². The minimum Gasteiger partial charge on any atom is -0.344 e. The maximum Gasteiger partial charge on any atom is 0.245 e. The molecule has 0 bridgehead atoms. The molecule has 2 aromatic rings. The molecule has 2 aromatic carbocycles. The molecular weight excluding hydrogens is 622 g/mol. The van der Waals surface area contributed by atoms with Crippen LogP contribution in [-0.2, 0) is 32.6 Å². The Balaban J connectivity index is 1.25. The number of hydrogen-bond acceptors (Lipinski definition) is 6. The number of nitrogens with zero attached hydrogens (tertiary/aromatic N) is 3. The first-order valence-electron chi connectivity index (χ1n) is 16.9. The van der Waals surface area contributed by atoms with Crippen molar-refractivity contribution in [3.05, 3.63) is 70.2 Å². The van der Waals surface area contributed by atoms with E-state index < -0.39 is 16.1 Å². The molecule has 1 saturated heterocycles. The molecule has 0 radical (unpaired) electrons. The maximum atomic E-state index is 14.1. The molecule has 1 saturated carbocycles. The minimum atomic E-state index is -3.31. The molecule has 3 unspecified atom stereocenters. The molecule has 2 amide bonds. The van der Waals surface area contributed by atoms with Crippen LogP contribution in [0.4, 0.5) is 0 Å². The van der Waals surface area contributed by atoms with Gasteiger partial charge in [-0.3, -0.25) is 14.5 Å². The van der Waals surface area contributed by atoms with E-state index in [1.807, 2.05) is 36.1 Å². The molecule has 46 heavy (non-hydrogen) atoms. The predicted octanol–water partition coefficient (Wildman–Crippen LogP) is 4.37. The molecule has 2 fully saturated rings. The largest absolute Gasteiger partial charge is 0.344 e. The molecule has 5 rings (SSSR count). The third kappa shape index (κ3) is 9.31. The Morgan fingerprint density at radius 3 is 2.39 bits per heavy atom. The maximum absolute atomic E-state index is 14.1. The van der Waals surface area contributed by atoms with E-state index in [9.17, 15) is 18.0 Å². The summed E-state index contributed by atoms with van der Waals surface area (Å²) in [6, 6.07) is 14.9. The van der Waals surface area contributed by atoms with E-state index in [-0.39, 0.29) is 30.3 Å². The van der Waals surface area contributed by atoms with E-state index in [4.69, 9.17) is 11.6 Å². The zero-order valence-corrected chi connectivity index (χ0v) is 28.9. The van der Waals surface area contributed by atoms with Gasteiger partial charge in [0.1, 0.15) is 6.04 Å². The van der Waals surface area contributed by atoms with Gasteiger partial charge in [0.2, 0.25) is 21.8 Å². The average molecular weight is 672 g/mol. The Hall–Kier alpha value is -2.50. The van der Waals surface area contributed by atoms with E-state index >= 15 is 0 Å². The van der Waals surface area contributed by atoms with Gasteiger partial charge in [-0.2, -0.15) is 0 Å². The van der Waals surface area contributed by atoms with Crippen LogP contribution >= 0.6 is 11.6 Å². The SMILES string of the molecule is CCN(CC(CC1CCCCC1)N1CCN(C(=O)C(Cc2ccc(Cl)cc2)NC(=O)CC2NCc3ccccc32)CC1)S(C)(=O)=O. The molecule has 2 aliphatic heterocycles. The van der Waals surface area contributed by atoms with Crippen LogP contribution in [0.3, 0.4) is 0 Å². The third-order valence-corrected chi connectivity index (χ3v) is 11.7. The number of carbonyl (C=O) groups excluding carboxylic acids is 2. The van der Waals surface area contributed by atoms with Gasteiger partial charge in [-0.05, 0) is 41.2 Å². The van der Waals surface area contributed by atoms with Crippen molar-refractivity contribution < 1.29 is 18.0 Å². The summed E-state index contributed by atoms with van der Waals surface area (Å²) in [6.45, 7) is 5.98. The second-order valence-electron chi connectivity index (χ2n) is 13.3. The van der Waals surface area contributed by atoms with Gasteiger partial charge in [0.15, 0.2) is 0 Å². The molecule has 9 nitrogen and oxygen atoms in total. The number of benzene rings is 2. The molecule has 11 heteroatoms. The van der Waals surface area contributed by atoms with Crippen molar-refractivity contribution in [1.29, 1.82) is 0 Å². The third-order valence-electron chi connectivity index (χ3n) is 10.1. The number of halogens is 1. The van der Waals surface area contributed by atoms with Crippen molar-refractivity contribution in [1.82, 2.24) is 24.7 Å². The fraction of sp³-hybridized carbons (Fsp3) is 0.600. The molecule has 3 aliphatic rings. The normalized spacial score (nSPS) is 20.8. The van der Waals surface area contributed by atoms with Gasteiger partial charge < -0.3 is 15.5 Å². The smallest absolute Gasteiger partial charge is 0.245 e. The molecule has 1 aliphatic carbocycles. The molecule has 2 N–H and O–H groups in total.